The minimum absolute atomic E-state index is 0.207. The highest BCUT2D eigenvalue weighted by Gasteiger charge is 2.57. The maximum atomic E-state index is 6.08. The van der Waals surface area contributed by atoms with Gasteiger partial charge in [0.05, 0.1) is 12.6 Å². The Balaban J connectivity index is 1.07. The summed E-state index contributed by atoms with van der Waals surface area (Å²) in [4.78, 5) is 5.20. The van der Waals surface area contributed by atoms with E-state index in [0.717, 1.165) is 62.7 Å². The number of rotatable bonds is 9. The molecule has 0 aromatic heterocycles. The Kier molecular flexibility index (Phi) is 6.59. The molecule has 5 heteroatoms. The molecule has 3 aliphatic heterocycles. The van der Waals surface area contributed by atoms with Gasteiger partial charge in [-0.2, -0.15) is 0 Å². The first-order chi connectivity index (χ1) is 14.9. The summed E-state index contributed by atoms with van der Waals surface area (Å²) >= 11 is 0. The van der Waals surface area contributed by atoms with Gasteiger partial charge in [0.2, 0.25) is 0 Å². The Morgan fingerprint density at radius 1 is 1.10 bits per heavy atom. The van der Waals surface area contributed by atoms with Crippen LogP contribution >= 0.6 is 0 Å². The summed E-state index contributed by atoms with van der Waals surface area (Å²) in [6, 6.07) is 0.207. The molecule has 0 bridgehead atoms. The van der Waals surface area contributed by atoms with E-state index < -0.39 is 0 Å². The second-order valence-electron chi connectivity index (χ2n) is 9.43. The van der Waals surface area contributed by atoms with Gasteiger partial charge >= 0.3 is 0 Å². The van der Waals surface area contributed by atoms with Crippen molar-refractivity contribution in [3.05, 3.63) is 48.3 Å². The summed E-state index contributed by atoms with van der Waals surface area (Å²) in [5.74, 6) is 3.25. The predicted molar refractivity (Wildman–Crippen MR) is 117 cm³/mol. The zero-order valence-corrected chi connectivity index (χ0v) is 18.1. The van der Waals surface area contributed by atoms with Gasteiger partial charge in [-0.1, -0.05) is 24.6 Å². The van der Waals surface area contributed by atoms with Gasteiger partial charge in [0.25, 0.3) is 0 Å². The van der Waals surface area contributed by atoms with Crippen molar-refractivity contribution in [1.29, 1.82) is 0 Å². The van der Waals surface area contributed by atoms with Gasteiger partial charge in [-0.3, -0.25) is 4.90 Å². The molecule has 1 saturated carbocycles. The lowest BCUT2D eigenvalue weighted by Gasteiger charge is -2.33. The van der Waals surface area contributed by atoms with Gasteiger partial charge in [-0.15, -0.1) is 0 Å². The molecule has 2 aliphatic carbocycles. The second kappa shape index (κ2) is 9.71. The topological polar surface area (TPSA) is 34.2 Å². The maximum absolute atomic E-state index is 6.08. The minimum atomic E-state index is 0.207. The fraction of sp³-hybridized carbons (Fsp3) is 0.680. The van der Waals surface area contributed by atoms with E-state index in [1.54, 1.807) is 18.8 Å². The predicted octanol–water partition coefficient (Wildman–Crippen LogP) is 4.06. The molecule has 5 nitrogen and oxygen atoms in total. The van der Waals surface area contributed by atoms with Crippen LogP contribution in [-0.2, 0) is 14.2 Å². The Labute approximate surface area is 181 Å². The smallest absolute Gasteiger partial charge is 0.160 e. The standard InChI is InChI=1S/C25H36N2O3/c1-3-8-20(9-4-1)25(24-19-29-14-15-30-24)27-16-21-22(17-27)23(21)18-28-13-7-12-26-10-5-2-6-11-26/h1,3,8,14-15,19,21-23,25H,2,4-7,9-13,16-18H2/t21-,22+,23?,25?. The summed E-state index contributed by atoms with van der Waals surface area (Å²) in [7, 11) is 0. The Morgan fingerprint density at radius 3 is 2.70 bits per heavy atom. The number of allylic oxidation sites excluding steroid dienone is 3. The molecule has 0 spiro atoms. The quantitative estimate of drug-likeness (QED) is 0.534. The van der Waals surface area contributed by atoms with Crippen LogP contribution in [0.15, 0.2) is 48.3 Å². The van der Waals surface area contributed by atoms with E-state index in [-0.39, 0.29) is 6.04 Å². The third-order valence-corrected chi connectivity index (χ3v) is 7.48. The number of hydrogen-bond donors (Lipinski definition) is 0. The van der Waals surface area contributed by atoms with Gasteiger partial charge in [-0.05, 0) is 68.5 Å². The van der Waals surface area contributed by atoms with Crippen molar-refractivity contribution in [3.63, 3.8) is 0 Å². The first-order valence-corrected chi connectivity index (χ1v) is 12.0. The largest absolute Gasteiger partial charge is 0.466 e. The summed E-state index contributed by atoms with van der Waals surface area (Å²) < 4.78 is 17.4. The van der Waals surface area contributed by atoms with Gasteiger partial charge in [0.15, 0.2) is 5.76 Å². The number of fused-ring (bicyclic) bond motifs is 1. The first kappa shape index (κ1) is 20.3. The highest BCUT2D eigenvalue weighted by molar-refractivity contribution is 5.31. The van der Waals surface area contributed by atoms with Crippen LogP contribution in [0, 0.1) is 17.8 Å². The Bertz CT molecular complexity index is 695. The summed E-state index contributed by atoms with van der Waals surface area (Å²) in [5.41, 5.74) is 1.44. The Hall–Kier alpha value is -1.56. The number of piperidine rings is 2. The third kappa shape index (κ3) is 4.68. The minimum Gasteiger partial charge on any atom is -0.466 e. The monoisotopic (exact) mass is 412 g/mol. The highest BCUT2D eigenvalue weighted by Crippen LogP contribution is 2.53. The summed E-state index contributed by atoms with van der Waals surface area (Å²) in [5, 5.41) is 0. The molecule has 0 aromatic carbocycles. The van der Waals surface area contributed by atoms with E-state index in [4.69, 9.17) is 14.2 Å². The maximum Gasteiger partial charge on any atom is 0.160 e. The number of hydrogen-bond acceptors (Lipinski definition) is 5. The summed E-state index contributed by atoms with van der Waals surface area (Å²) in [6.07, 6.45) is 19.3. The lowest BCUT2D eigenvalue weighted by Crippen LogP contribution is -2.39. The SMILES string of the molecule is C1=CCCC(C(C2=COC=CO2)N2C[C@@H]3C(COCCCN4CCCCC4)[C@@H]3C2)=C1. The molecule has 164 valence electrons. The molecule has 5 aliphatic rings. The lowest BCUT2D eigenvalue weighted by atomic mass is 9.95. The third-order valence-electron chi connectivity index (χ3n) is 7.48. The van der Waals surface area contributed by atoms with Gasteiger partial charge in [0, 0.05) is 26.2 Å². The highest BCUT2D eigenvalue weighted by atomic mass is 16.5. The van der Waals surface area contributed by atoms with Crippen molar-refractivity contribution in [2.75, 3.05) is 45.9 Å². The van der Waals surface area contributed by atoms with Crippen LogP contribution in [-0.4, -0.2) is 61.8 Å². The second-order valence-corrected chi connectivity index (χ2v) is 9.43. The molecule has 0 radical (unpaired) electrons. The van der Waals surface area contributed by atoms with Crippen LogP contribution < -0.4 is 0 Å². The number of nitrogens with zero attached hydrogens (tertiary/aromatic N) is 2. The molecule has 0 N–H and O–H groups in total. The van der Waals surface area contributed by atoms with Crippen LogP contribution in [0.3, 0.4) is 0 Å². The molecule has 4 atom stereocenters. The van der Waals surface area contributed by atoms with E-state index in [1.165, 1.54) is 50.9 Å². The molecule has 0 aromatic rings. The van der Waals surface area contributed by atoms with Crippen molar-refractivity contribution in [1.82, 2.24) is 9.80 Å². The van der Waals surface area contributed by atoms with E-state index in [1.807, 2.05) is 0 Å². The number of likely N-dealkylation sites (tertiary alicyclic amines) is 2. The van der Waals surface area contributed by atoms with Gasteiger partial charge < -0.3 is 19.1 Å². The fourth-order valence-electron chi connectivity index (χ4n) is 5.78. The van der Waals surface area contributed by atoms with Gasteiger partial charge in [0.1, 0.15) is 18.8 Å². The molecular formula is C25H36N2O3. The van der Waals surface area contributed by atoms with Gasteiger partial charge in [-0.25, -0.2) is 0 Å². The number of ether oxygens (including phenoxy) is 3. The van der Waals surface area contributed by atoms with Crippen molar-refractivity contribution >= 4 is 0 Å². The van der Waals surface area contributed by atoms with E-state index >= 15 is 0 Å². The zero-order chi connectivity index (χ0) is 20.2. The average Bonchev–Trinajstić information content (AvgIpc) is 3.25. The van der Waals surface area contributed by atoms with Crippen molar-refractivity contribution in [2.24, 2.45) is 17.8 Å². The van der Waals surface area contributed by atoms with Crippen molar-refractivity contribution in [3.8, 4) is 0 Å². The molecule has 0 amide bonds. The van der Waals surface area contributed by atoms with E-state index in [0.29, 0.717) is 0 Å². The molecule has 5 rings (SSSR count). The van der Waals surface area contributed by atoms with Crippen molar-refractivity contribution in [2.45, 2.75) is 44.6 Å². The first-order valence-electron chi connectivity index (χ1n) is 12.0. The van der Waals surface area contributed by atoms with Crippen molar-refractivity contribution < 1.29 is 14.2 Å². The molecule has 3 fully saturated rings. The molecule has 3 heterocycles. The van der Waals surface area contributed by atoms with Crippen LogP contribution in [0.4, 0.5) is 0 Å². The van der Waals surface area contributed by atoms with E-state index in [2.05, 4.69) is 28.0 Å². The molecule has 2 saturated heterocycles. The fourth-order valence-corrected chi connectivity index (χ4v) is 5.78. The van der Waals surface area contributed by atoms with Crippen LogP contribution in [0.5, 0.6) is 0 Å². The normalized spacial score (nSPS) is 32.1. The molecular weight excluding hydrogens is 376 g/mol. The van der Waals surface area contributed by atoms with E-state index in [9.17, 15) is 0 Å². The van der Waals surface area contributed by atoms with Crippen LogP contribution in [0.1, 0.15) is 38.5 Å². The molecule has 30 heavy (non-hydrogen) atoms. The summed E-state index contributed by atoms with van der Waals surface area (Å²) in [6.45, 7) is 7.94. The average molecular weight is 413 g/mol. The lowest BCUT2D eigenvalue weighted by molar-refractivity contribution is 0.0930. The Morgan fingerprint density at radius 2 is 1.97 bits per heavy atom. The molecule has 2 unspecified atom stereocenters. The van der Waals surface area contributed by atoms with Crippen LogP contribution in [0.25, 0.3) is 0 Å². The zero-order valence-electron chi connectivity index (χ0n) is 18.1. The van der Waals surface area contributed by atoms with Crippen LogP contribution in [0.2, 0.25) is 0 Å².